The lowest BCUT2D eigenvalue weighted by Gasteiger charge is -2.19. The highest BCUT2D eigenvalue weighted by Gasteiger charge is 2.21. The number of nitrogens with zero attached hydrogens (tertiary/aromatic N) is 1. The normalized spacial score (nSPS) is 19.4. The summed E-state index contributed by atoms with van der Waals surface area (Å²) in [5.41, 5.74) is 2.75. The summed E-state index contributed by atoms with van der Waals surface area (Å²) in [4.78, 5) is 0. The van der Waals surface area contributed by atoms with E-state index in [1.165, 1.54) is 43.5 Å². The Kier molecular flexibility index (Phi) is 2.85. The second-order valence-electron chi connectivity index (χ2n) is 5.79. The van der Waals surface area contributed by atoms with Crippen molar-refractivity contribution < 1.29 is 0 Å². The van der Waals surface area contributed by atoms with Crippen molar-refractivity contribution in [3.05, 3.63) is 17.5 Å². The van der Waals surface area contributed by atoms with E-state index in [2.05, 4.69) is 37.0 Å². The molecule has 0 aliphatic heterocycles. The van der Waals surface area contributed by atoms with E-state index < -0.39 is 0 Å². The molecule has 2 nitrogen and oxygen atoms in total. The average molecular weight is 206 g/mol. The van der Waals surface area contributed by atoms with Crippen LogP contribution in [0.3, 0.4) is 0 Å². The number of hydrogen-bond donors (Lipinski definition) is 1. The van der Waals surface area contributed by atoms with Gasteiger partial charge in [0.05, 0.1) is 5.69 Å². The summed E-state index contributed by atoms with van der Waals surface area (Å²) in [6.07, 6.45) is 6.82. The molecular formula is C13H22N2. The Bertz CT molecular complexity index is 314. The summed E-state index contributed by atoms with van der Waals surface area (Å²) in [5.74, 6) is 0.714. The maximum atomic E-state index is 4.48. The Balaban J connectivity index is 2.12. The maximum Gasteiger partial charge on any atom is 0.0656 e. The fraction of sp³-hybridized carbons (Fsp3) is 0.769. The SMILES string of the molecule is CC(C)(C)c1cc(C2CCCCC2)n[nH]1. The van der Waals surface area contributed by atoms with Gasteiger partial charge in [-0.25, -0.2) is 0 Å². The van der Waals surface area contributed by atoms with Gasteiger partial charge >= 0.3 is 0 Å². The lowest BCUT2D eigenvalue weighted by molar-refractivity contribution is 0.436. The summed E-state index contributed by atoms with van der Waals surface area (Å²) < 4.78 is 0. The second-order valence-corrected chi connectivity index (χ2v) is 5.79. The van der Waals surface area contributed by atoms with Crippen LogP contribution in [0.2, 0.25) is 0 Å². The van der Waals surface area contributed by atoms with Gasteiger partial charge in [-0.3, -0.25) is 5.10 Å². The van der Waals surface area contributed by atoms with Crippen LogP contribution in [-0.4, -0.2) is 10.2 Å². The van der Waals surface area contributed by atoms with E-state index in [4.69, 9.17) is 0 Å². The molecule has 84 valence electrons. The van der Waals surface area contributed by atoms with E-state index in [1.807, 2.05) is 0 Å². The molecule has 1 aliphatic carbocycles. The smallest absolute Gasteiger partial charge is 0.0656 e. The fourth-order valence-electron chi connectivity index (χ4n) is 2.33. The van der Waals surface area contributed by atoms with Gasteiger partial charge in [0.2, 0.25) is 0 Å². The Hall–Kier alpha value is -0.790. The lowest BCUT2D eigenvalue weighted by atomic mass is 9.85. The van der Waals surface area contributed by atoms with E-state index in [0.717, 1.165) is 0 Å². The van der Waals surface area contributed by atoms with Gasteiger partial charge in [-0.1, -0.05) is 40.0 Å². The average Bonchev–Trinajstić information content (AvgIpc) is 2.67. The van der Waals surface area contributed by atoms with Crippen LogP contribution in [-0.2, 0) is 5.41 Å². The van der Waals surface area contributed by atoms with Crippen molar-refractivity contribution in [3.8, 4) is 0 Å². The largest absolute Gasteiger partial charge is 0.282 e. The zero-order chi connectivity index (χ0) is 10.9. The summed E-state index contributed by atoms with van der Waals surface area (Å²) >= 11 is 0. The minimum atomic E-state index is 0.194. The third kappa shape index (κ3) is 2.42. The highest BCUT2D eigenvalue weighted by atomic mass is 15.1. The van der Waals surface area contributed by atoms with Crippen LogP contribution in [0, 0.1) is 0 Å². The van der Waals surface area contributed by atoms with E-state index in [9.17, 15) is 0 Å². The molecule has 1 aromatic rings. The standard InChI is InChI=1S/C13H22N2/c1-13(2,3)12-9-11(14-15-12)10-7-5-4-6-8-10/h9-10H,4-8H2,1-3H3,(H,14,15). The molecule has 1 heterocycles. The number of aromatic nitrogens is 2. The first-order valence-corrected chi connectivity index (χ1v) is 6.13. The monoisotopic (exact) mass is 206 g/mol. The van der Waals surface area contributed by atoms with Gasteiger partial charge in [0, 0.05) is 17.0 Å². The maximum absolute atomic E-state index is 4.48. The van der Waals surface area contributed by atoms with Crippen molar-refractivity contribution >= 4 is 0 Å². The van der Waals surface area contributed by atoms with Crippen LogP contribution in [0.4, 0.5) is 0 Å². The first-order valence-electron chi connectivity index (χ1n) is 6.13. The van der Waals surface area contributed by atoms with Crippen molar-refractivity contribution in [2.45, 2.75) is 64.2 Å². The Morgan fingerprint density at radius 2 is 1.87 bits per heavy atom. The molecule has 1 aliphatic rings. The van der Waals surface area contributed by atoms with Crippen LogP contribution in [0.5, 0.6) is 0 Å². The van der Waals surface area contributed by atoms with Crippen molar-refractivity contribution in [1.29, 1.82) is 0 Å². The number of rotatable bonds is 1. The number of nitrogens with one attached hydrogen (secondary N) is 1. The van der Waals surface area contributed by atoms with Gasteiger partial charge in [0.1, 0.15) is 0 Å². The molecule has 0 bridgehead atoms. The molecule has 0 atom stereocenters. The predicted octanol–water partition coefficient (Wildman–Crippen LogP) is 3.75. The van der Waals surface area contributed by atoms with Crippen LogP contribution in [0.15, 0.2) is 6.07 Å². The van der Waals surface area contributed by atoms with E-state index in [0.29, 0.717) is 5.92 Å². The van der Waals surface area contributed by atoms with Crippen LogP contribution in [0.1, 0.15) is 70.2 Å². The lowest BCUT2D eigenvalue weighted by Crippen LogP contribution is -2.11. The van der Waals surface area contributed by atoms with Crippen molar-refractivity contribution in [2.75, 3.05) is 0 Å². The minimum Gasteiger partial charge on any atom is -0.282 e. The van der Waals surface area contributed by atoms with Gasteiger partial charge in [0.25, 0.3) is 0 Å². The first-order chi connectivity index (χ1) is 7.07. The van der Waals surface area contributed by atoms with Crippen LogP contribution in [0.25, 0.3) is 0 Å². The minimum absolute atomic E-state index is 0.194. The number of hydrogen-bond acceptors (Lipinski definition) is 1. The third-order valence-electron chi connectivity index (χ3n) is 3.43. The summed E-state index contributed by atoms with van der Waals surface area (Å²) in [7, 11) is 0. The van der Waals surface area contributed by atoms with Gasteiger partial charge < -0.3 is 0 Å². The Morgan fingerprint density at radius 3 is 2.40 bits per heavy atom. The highest BCUT2D eigenvalue weighted by Crippen LogP contribution is 2.33. The molecule has 2 heteroatoms. The molecule has 0 amide bonds. The molecule has 0 radical (unpaired) electrons. The quantitative estimate of drug-likeness (QED) is 0.744. The van der Waals surface area contributed by atoms with E-state index in [1.54, 1.807) is 0 Å². The van der Waals surface area contributed by atoms with Crippen LogP contribution >= 0.6 is 0 Å². The molecule has 0 saturated heterocycles. The molecule has 1 fully saturated rings. The van der Waals surface area contributed by atoms with Crippen molar-refractivity contribution in [2.24, 2.45) is 0 Å². The molecular weight excluding hydrogens is 184 g/mol. The molecule has 1 N–H and O–H groups in total. The predicted molar refractivity (Wildman–Crippen MR) is 63.1 cm³/mol. The second kappa shape index (κ2) is 3.99. The van der Waals surface area contributed by atoms with Gasteiger partial charge in [0.15, 0.2) is 0 Å². The molecule has 15 heavy (non-hydrogen) atoms. The van der Waals surface area contributed by atoms with Gasteiger partial charge in [-0.05, 0) is 18.9 Å². The Morgan fingerprint density at radius 1 is 1.20 bits per heavy atom. The zero-order valence-electron chi connectivity index (χ0n) is 10.1. The fourth-order valence-corrected chi connectivity index (χ4v) is 2.33. The highest BCUT2D eigenvalue weighted by molar-refractivity contribution is 5.19. The molecule has 1 aromatic heterocycles. The number of H-pyrrole nitrogens is 1. The molecule has 0 spiro atoms. The van der Waals surface area contributed by atoms with Crippen LogP contribution < -0.4 is 0 Å². The van der Waals surface area contributed by atoms with E-state index in [-0.39, 0.29) is 5.41 Å². The molecule has 2 rings (SSSR count). The van der Waals surface area contributed by atoms with Gasteiger partial charge in [-0.15, -0.1) is 0 Å². The summed E-state index contributed by atoms with van der Waals surface area (Å²) in [6, 6.07) is 2.27. The van der Waals surface area contributed by atoms with Crippen molar-refractivity contribution in [1.82, 2.24) is 10.2 Å². The molecule has 0 unspecified atom stereocenters. The van der Waals surface area contributed by atoms with Gasteiger partial charge in [-0.2, -0.15) is 5.10 Å². The number of aromatic amines is 1. The van der Waals surface area contributed by atoms with Crippen molar-refractivity contribution in [3.63, 3.8) is 0 Å². The Labute approximate surface area is 92.5 Å². The summed E-state index contributed by atoms with van der Waals surface area (Å²) in [6.45, 7) is 6.68. The van der Waals surface area contributed by atoms with E-state index >= 15 is 0 Å². The molecule has 1 saturated carbocycles. The molecule has 0 aromatic carbocycles. The first kappa shape index (κ1) is 10.7. The summed E-state index contributed by atoms with van der Waals surface area (Å²) in [5, 5.41) is 7.67. The third-order valence-corrected chi connectivity index (χ3v) is 3.43. The topological polar surface area (TPSA) is 28.7 Å². The zero-order valence-corrected chi connectivity index (χ0v) is 10.1.